The van der Waals surface area contributed by atoms with E-state index in [9.17, 15) is 14.9 Å². The second-order valence-corrected chi connectivity index (χ2v) is 7.86. The van der Waals surface area contributed by atoms with Gasteiger partial charge in [-0.05, 0) is 48.2 Å². The van der Waals surface area contributed by atoms with Crippen LogP contribution >= 0.6 is 0 Å². The molecule has 7 nitrogen and oxygen atoms in total. The third-order valence-electron chi connectivity index (χ3n) is 5.72. The fourth-order valence-electron chi connectivity index (χ4n) is 3.86. The molecule has 2 N–H and O–H groups in total. The molecule has 0 bridgehead atoms. The maximum absolute atomic E-state index is 13.0. The van der Waals surface area contributed by atoms with Crippen LogP contribution in [-0.4, -0.2) is 28.6 Å². The molecule has 1 aliphatic rings. The molecule has 0 atom stereocenters. The van der Waals surface area contributed by atoms with Gasteiger partial charge >= 0.3 is 0 Å². The van der Waals surface area contributed by atoms with E-state index in [0.717, 1.165) is 24.0 Å². The minimum atomic E-state index is -0.295. The second kappa shape index (κ2) is 8.07. The molecule has 1 heterocycles. The van der Waals surface area contributed by atoms with Gasteiger partial charge in [-0.2, -0.15) is 10.4 Å². The Kier molecular flexibility index (Phi) is 5.30. The van der Waals surface area contributed by atoms with E-state index >= 15 is 0 Å². The average molecular weight is 414 g/mol. The van der Waals surface area contributed by atoms with Crippen molar-refractivity contribution in [2.24, 2.45) is 5.73 Å². The van der Waals surface area contributed by atoms with Crippen molar-refractivity contribution in [2.45, 2.75) is 31.1 Å². The predicted molar refractivity (Wildman–Crippen MR) is 114 cm³/mol. The SMILES string of the molecule is COc1ccc(-n2nc(C#N)cc2C(=O)Cc2ccc(C3(CC(N)=O)CC3)cc2)cc1. The van der Waals surface area contributed by atoms with Gasteiger partial charge < -0.3 is 10.5 Å². The van der Waals surface area contributed by atoms with Gasteiger partial charge in [0.2, 0.25) is 5.91 Å². The summed E-state index contributed by atoms with van der Waals surface area (Å²) in [7, 11) is 1.58. The zero-order chi connectivity index (χ0) is 22.0. The molecule has 156 valence electrons. The highest BCUT2D eigenvalue weighted by atomic mass is 16.5. The van der Waals surface area contributed by atoms with Gasteiger partial charge in [0.1, 0.15) is 17.5 Å². The van der Waals surface area contributed by atoms with E-state index in [1.807, 2.05) is 30.3 Å². The number of rotatable bonds is 8. The van der Waals surface area contributed by atoms with Gasteiger partial charge in [0.25, 0.3) is 0 Å². The van der Waals surface area contributed by atoms with Crippen LogP contribution in [-0.2, 0) is 16.6 Å². The Hall–Kier alpha value is -3.92. The van der Waals surface area contributed by atoms with Crippen molar-refractivity contribution in [3.05, 3.63) is 77.1 Å². The van der Waals surface area contributed by atoms with E-state index in [-0.39, 0.29) is 29.2 Å². The van der Waals surface area contributed by atoms with Crippen molar-refractivity contribution in [1.29, 1.82) is 5.26 Å². The van der Waals surface area contributed by atoms with Crippen molar-refractivity contribution in [2.75, 3.05) is 7.11 Å². The first-order valence-corrected chi connectivity index (χ1v) is 10.00. The molecule has 1 aliphatic carbocycles. The number of benzene rings is 2. The summed E-state index contributed by atoms with van der Waals surface area (Å²) in [6.07, 6.45) is 2.43. The first kappa shape index (κ1) is 20.4. The Bertz CT molecular complexity index is 1170. The van der Waals surface area contributed by atoms with Crippen LogP contribution in [0.4, 0.5) is 0 Å². The molecule has 1 fully saturated rings. The molecule has 0 saturated heterocycles. The number of hydrogen-bond donors (Lipinski definition) is 1. The number of carbonyl (C=O) groups excluding carboxylic acids is 2. The predicted octanol–water partition coefficient (Wildman–Crippen LogP) is 3.08. The van der Waals surface area contributed by atoms with Crippen LogP contribution in [0.5, 0.6) is 5.75 Å². The molecular formula is C24H22N4O3. The van der Waals surface area contributed by atoms with Gasteiger partial charge in [0.05, 0.1) is 12.8 Å². The third-order valence-corrected chi connectivity index (χ3v) is 5.72. The fraction of sp³-hybridized carbons (Fsp3) is 0.250. The van der Waals surface area contributed by atoms with E-state index in [1.54, 1.807) is 31.4 Å². The first-order valence-electron chi connectivity index (χ1n) is 10.00. The minimum absolute atomic E-state index is 0.136. The lowest BCUT2D eigenvalue weighted by molar-refractivity contribution is -0.118. The summed E-state index contributed by atoms with van der Waals surface area (Å²) in [5.41, 5.74) is 8.38. The van der Waals surface area contributed by atoms with Gasteiger partial charge in [-0.3, -0.25) is 9.59 Å². The number of aromatic nitrogens is 2. The number of nitrogens with zero attached hydrogens (tertiary/aromatic N) is 3. The highest BCUT2D eigenvalue weighted by Crippen LogP contribution is 2.50. The minimum Gasteiger partial charge on any atom is -0.497 e. The maximum Gasteiger partial charge on any atom is 0.218 e. The van der Waals surface area contributed by atoms with Crippen LogP contribution < -0.4 is 10.5 Å². The monoisotopic (exact) mass is 414 g/mol. The Balaban J connectivity index is 1.55. The maximum atomic E-state index is 13.0. The Morgan fingerprint density at radius 1 is 1.16 bits per heavy atom. The largest absolute Gasteiger partial charge is 0.497 e. The highest BCUT2D eigenvalue weighted by Gasteiger charge is 2.45. The molecule has 31 heavy (non-hydrogen) atoms. The van der Waals surface area contributed by atoms with E-state index in [4.69, 9.17) is 10.5 Å². The van der Waals surface area contributed by atoms with Crippen LogP contribution in [0.15, 0.2) is 54.6 Å². The van der Waals surface area contributed by atoms with E-state index in [1.165, 1.54) is 10.7 Å². The highest BCUT2D eigenvalue weighted by molar-refractivity contribution is 5.96. The Morgan fingerprint density at radius 3 is 2.39 bits per heavy atom. The molecule has 2 aromatic carbocycles. The Labute approximate surface area is 180 Å². The number of amides is 1. The van der Waals surface area contributed by atoms with Crippen LogP contribution in [0.3, 0.4) is 0 Å². The van der Waals surface area contributed by atoms with Crippen LogP contribution in [0, 0.1) is 11.3 Å². The zero-order valence-corrected chi connectivity index (χ0v) is 17.2. The van der Waals surface area contributed by atoms with Gasteiger partial charge in [0, 0.05) is 24.3 Å². The number of Topliss-reactive ketones (excluding diaryl/α,β-unsaturated/α-hetero) is 1. The second-order valence-electron chi connectivity index (χ2n) is 7.86. The zero-order valence-electron chi connectivity index (χ0n) is 17.2. The number of primary amides is 1. The summed E-state index contributed by atoms with van der Waals surface area (Å²) in [4.78, 5) is 24.4. The summed E-state index contributed by atoms with van der Waals surface area (Å²) < 4.78 is 6.66. The van der Waals surface area contributed by atoms with E-state index < -0.39 is 0 Å². The fourth-order valence-corrected chi connectivity index (χ4v) is 3.86. The molecule has 0 unspecified atom stereocenters. The molecule has 1 amide bonds. The number of carbonyl (C=O) groups is 2. The number of ketones is 1. The smallest absolute Gasteiger partial charge is 0.218 e. The number of ether oxygens (including phenoxy) is 1. The molecular weight excluding hydrogens is 392 g/mol. The number of hydrogen-bond acceptors (Lipinski definition) is 5. The molecule has 0 spiro atoms. The number of methoxy groups -OCH3 is 1. The van der Waals surface area contributed by atoms with Gasteiger partial charge in [-0.25, -0.2) is 4.68 Å². The molecule has 1 aromatic heterocycles. The molecule has 0 aliphatic heterocycles. The van der Waals surface area contributed by atoms with Crippen molar-refractivity contribution in [3.8, 4) is 17.5 Å². The van der Waals surface area contributed by atoms with Crippen molar-refractivity contribution < 1.29 is 14.3 Å². The lowest BCUT2D eigenvalue weighted by Gasteiger charge is -2.14. The topological polar surface area (TPSA) is 111 Å². The first-order chi connectivity index (χ1) is 14.9. The van der Waals surface area contributed by atoms with E-state index in [2.05, 4.69) is 5.10 Å². The Morgan fingerprint density at radius 2 is 1.84 bits per heavy atom. The van der Waals surface area contributed by atoms with Crippen molar-refractivity contribution in [1.82, 2.24) is 9.78 Å². The average Bonchev–Trinajstić information content (AvgIpc) is 3.41. The molecule has 7 heteroatoms. The summed E-state index contributed by atoms with van der Waals surface area (Å²) in [5.74, 6) is 0.252. The molecule has 4 rings (SSSR count). The molecule has 1 saturated carbocycles. The molecule has 3 aromatic rings. The summed E-state index contributed by atoms with van der Waals surface area (Å²) in [6.45, 7) is 0. The van der Waals surface area contributed by atoms with Gasteiger partial charge in [-0.15, -0.1) is 0 Å². The summed E-state index contributed by atoms with van der Waals surface area (Å²) in [5, 5.41) is 13.5. The number of nitrogens with two attached hydrogens (primary N) is 1. The lowest BCUT2D eigenvalue weighted by Crippen LogP contribution is -2.20. The third kappa shape index (κ3) is 4.19. The standard InChI is InChI=1S/C24H22N4O3/c1-31-20-8-6-19(7-9-20)28-21(13-18(15-25)27-28)22(29)12-16-2-4-17(5-3-16)24(10-11-24)14-23(26)30/h2-9,13H,10-12,14H2,1H3,(H2,26,30). The number of nitriles is 1. The molecule has 0 radical (unpaired) electrons. The van der Waals surface area contributed by atoms with E-state index in [0.29, 0.717) is 23.6 Å². The summed E-state index contributed by atoms with van der Waals surface area (Å²) >= 11 is 0. The van der Waals surface area contributed by atoms with Crippen LogP contribution in [0.25, 0.3) is 5.69 Å². The summed E-state index contributed by atoms with van der Waals surface area (Å²) in [6, 6.07) is 18.4. The van der Waals surface area contributed by atoms with Gasteiger partial charge in [0.15, 0.2) is 11.5 Å². The van der Waals surface area contributed by atoms with Crippen molar-refractivity contribution >= 4 is 11.7 Å². The van der Waals surface area contributed by atoms with Gasteiger partial charge in [-0.1, -0.05) is 24.3 Å². The van der Waals surface area contributed by atoms with Crippen LogP contribution in [0.2, 0.25) is 0 Å². The van der Waals surface area contributed by atoms with Crippen molar-refractivity contribution in [3.63, 3.8) is 0 Å². The lowest BCUT2D eigenvalue weighted by atomic mass is 9.91. The normalized spacial score (nSPS) is 13.9. The quantitative estimate of drug-likeness (QED) is 0.570. The van der Waals surface area contributed by atoms with Crippen LogP contribution in [0.1, 0.15) is 46.6 Å².